The fourth-order valence-corrected chi connectivity index (χ4v) is 4.66. The molecule has 5 nitrogen and oxygen atoms in total. The van der Waals surface area contributed by atoms with E-state index >= 15 is 0 Å². The summed E-state index contributed by atoms with van der Waals surface area (Å²) in [6.45, 7) is 5.78. The average molecular weight is 386 g/mol. The summed E-state index contributed by atoms with van der Waals surface area (Å²) in [6, 6.07) is 6.72. The number of methoxy groups -OCH3 is 1. The maximum atomic E-state index is 14.2. The second-order valence-corrected chi connectivity index (χ2v) is 8.18. The highest BCUT2D eigenvalue weighted by Gasteiger charge is 2.43. The number of amides is 1. The molecule has 28 heavy (non-hydrogen) atoms. The van der Waals surface area contributed by atoms with Gasteiger partial charge in [0.1, 0.15) is 11.6 Å². The van der Waals surface area contributed by atoms with Crippen LogP contribution in [0, 0.1) is 18.2 Å². The lowest BCUT2D eigenvalue weighted by atomic mass is 9.79. The quantitative estimate of drug-likeness (QED) is 0.800. The van der Waals surface area contributed by atoms with Crippen molar-refractivity contribution in [3.63, 3.8) is 0 Å². The summed E-state index contributed by atoms with van der Waals surface area (Å²) in [5, 5.41) is 0. The number of ether oxygens (including phenoxy) is 1. The topological polar surface area (TPSA) is 45.9 Å². The summed E-state index contributed by atoms with van der Waals surface area (Å²) in [7, 11) is 1.60. The second kappa shape index (κ2) is 7.59. The molecule has 1 unspecified atom stereocenters. The Bertz CT molecular complexity index is 865. The Labute approximate surface area is 165 Å². The predicted octanol–water partition coefficient (Wildman–Crippen LogP) is 3.86. The first-order valence-electron chi connectivity index (χ1n) is 9.88. The highest BCUT2D eigenvalue weighted by atomic mass is 19.1. The Morgan fingerprint density at radius 2 is 2.11 bits per heavy atom. The molecule has 0 N–H and O–H groups in total. The number of halogens is 1. The van der Waals surface area contributed by atoms with E-state index in [1.54, 1.807) is 25.5 Å². The molecule has 0 radical (unpaired) electrons. The van der Waals surface area contributed by atoms with Gasteiger partial charge in [0.2, 0.25) is 0 Å². The lowest BCUT2D eigenvalue weighted by Crippen LogP contribution is -2.45. The third-order valence-corrected chi connectivity index (χ3v) is 6.17. The van der Waals surface area contributed by atoms with E-state index in [-0.39, 0.29) is 17.1 Å². The minimum atomic E-state index is -0.197. The molecule has 2 fully saturated rings. The lowest BCUT2D eigenvalue weighted by molar-refractivity contribution is 0.0648. The number of hydrogen-bond donors (Lipinski definition) is 0. The average Bonchev–Trinajstić information content (AvgIpc) is 3.30. The molecule has 150 valence electrons. The Balaban J connectivity index is 1.44. The van der Waals surface area contributed by atoms with Crippen molar-refractivity contribution in [2.24, 2.45) is 5.41 Å². The zero-order valence-corrected chi connectivity index (χ0v) is 16.5. The summed E-state index contributed by atoms with van der Waals surface area (Å²) < 4.78 is 24.9. The van der Waals surface area contributed by atoms with Crippen LogP contribution in [0.5, 0.6) is 5.75 Å². The zero-order valence-electron chi connectivity index (χ0n) is 16.5. The number of benzene rings is 1. The van der Waals surface area contributed by atoms with E-state index in [9.17, 15) is 9.18 Å². The van der Waals surface area contributed by atoms with Crippen LogP contribution >= 0.6 is 0 Å². The highest BCUT2D eigenvalue weighted by molar-refractivity contribution is 5.93. The van der Waals surface area contributed by atoms with Crippen molar-refractivity contribution >= 4 is 5.91 Å². The van der Waals surface area contributed by atoms with Gasteiger partial charge >= 0.3 is 0 Å². The Hall–Kier alpha value is -2.34. The minimum Gasteiger partial charge on any atom is -0.497 e. The molecule has 4 rings (SSSR count). The van der Waals surface area contributed by atoms with Crippen molar-refractivity contribution < 1.29 is 18.3 Å². The number of furan rings is 1. The van der Waals surface area contributed by atoms with Gasteiger partial charge in [-0.15, -0.1) is 0 Å². The molecular weight excluding hydrogens is 359 g/mol. The van der Waals surface area contributed by atoms with Crippen molar-refractivity contribution in [2.45, 2.75) is 32.7 Å². The van der Waals surface area contributed by atoms with Crippen LogP contribution in [0.2, 0.25) is 0 Å². The number of piperidine rings is 1. The van der Waals surface area contributed by atoms with Gasteiger partial charge in [0.25, 0.3) is 5.91 Å². The summed E-state index contributed by atoms with van der Waals surface area (Å²) in [4.78, 5) is 17.0. The van der Waals surface area contributed by atoms with Gasteiger partial charge in [0.15, 0.2) is 5.76 Å². The largest absolute Gasteiger partial charge is 0.497 e. The number of hydrogen-bond acceptors (Lipinski definition) is 4. The van der Waals surface area contributed by atoms with Crippen LogP contribution in [0.4, 0.5) is 4.39 Å². The molecule has 2 aromatic rings. The minimum absolute atomic E-state index is 0.0182. The van der Waals surface area contributed by atoms with Gasteiger partial charge in [0.05, 0.1) is 13.4 Å². The number of aryl methyl sites for hydroxylation is 1. The van der Waals surface area contributed by atoms with Crippen LogP contribution in [0.25, 0.3) is 0 Å². The Morgan fingerprint density at radius 1 is 1.25 bits per heavy atom. The van der Waals surface area contributed by atoms with Gasteiger partial charge in [0, 0.05) is 42.7 Å². The second-order valence-electron chi connectivity index (χ2n) is 8.18. The molecule has 1 aromatic carbocycles. The van der Waals surface area contributed by atoms with E-state index < -0.39 is 0 Å². The van der Waals surface area contributed by atoms with E-state index in [1.165, 1.54) is 6.07 Å². The van der Waals surface area contributed by atoms with Crippen molar-refractivity contribution in [1.29, 1.82) is 0 Å². The van der Waals surface area contributed by atoms with Crippen molar-refractivity contribution in [1.82, 2.24) is 9.80 Å². The van der Waals surface area contributed by atoms with Gasteiger partial charge in [-0.3, -0.25) is 9.69 Å². The van der Waals surface area contributed by atoms with E-state index in [0.29, 0.717) is 23.6 Å². The lowest BCUT2D eigenvalue weighted by Gasteiger charge is -2.40. The van der Waals surface area contributed by atoms with Crippen LogP contribution in [-0.4, -0.2) is 49.0 Å². The first kappa shape index (κ1) is 19.0. The normalized spacial score (nSPS) is 22.8. The Morgan fingerprint density at radius 3 is 2.86 bits per heavy atom. The van der Waals surface area contributed by atoms with Crippen LogP contribution in [0.3, 0.4) is 0 Å². The molecule has 1 aromatic heterocycles. The summed E-state index contributed by atoms with van der Waals surface area (Å²) in [5.74, 6) is 0.907. The van der Waals surface area contributed by atoms with Crippen molar-refractivity contribution in [3.05, 3.63) is 53.2 Å². The van der Waals surface area contributed by atoms with Crippen molar-refractivity contribution in [3.8, 4) is 5.75 Å². The number of nitrogens with zero attached hydrogens (tertiary/aromatic N) is 2. The van der Waals surface area contributed by atoms with Crippen LogP contribution < -0.4 is 4.74 Å². The summed E-state index contributed by atoms with van der Waals surface area (Å²) in [6.07, 6.45) is 4.72. The highest BCUT2D eigenvalue weighted by Crippen LogP contribution is 2.40. The molecule has 2 aliphatic heterocycles. The SMILES string of the molecule is COc1ccc(F)c(CN2CCCC3(CCN(C(=O)c4occc4C)C3)C2)c1. The fourth-order valence-electron chi connectivity index (χ4n) is 4.66. The van der Waals surface area contributed by atoms with Crippen LogP contribution in [0.1, 0.15) is 40.9 Å². The van der Waals surface area contributed by atoms with Gasteiger partial charge in [-0.05, 0) is 57.0 Å². The third kappa shape index (κ3) is 3.65. The summed E-state index contributed by atoms with van der Waals surface area (Å²) >= 11 is 0. The number of rotatable bonds is 4. The molecular formula is C22H27FN2O3. The molecule has 0 bridgehead atoms. The molecule has 3 heterocycles. The smallest absolute Gasteiger partial charge is 0.289 e. The molecule has 1 atom stereocenters. The van der Waals surface area contributed by atoms with E-state index in [0.717, 1.165) is 51.0 Å². The predicted molar refractivity (Wildman–Crippen MR) is 104 cm³/mol. The van der Waals surface area contributed by atoms with Crippen molar-refractivity contribution in [2.75, 3.05) is 33.3 Å². The third-order valence-electron chi connectivity index (χ3n) is 6.17. The fraction of sp³-hybridized carbons (Fsp3) is 0.500. The van der Waals surface area contributed by atoms with Gasteiger partial charge in [-0.2, -0.15) is 0 Å². The van der Waals surface area contributed by atoms with E-state index in [4.69, 9.17) is 9.15 Å². The molecule has 0 saturated carbocycles. The number of carbonyl (C=O) groups excluding carboxylic acids is 1. The standard InChI is InChI=1S/C22H27FN2O3/c1-16-6-11-28-20(16)21(26)25-10-8-22(15-25)7-3-9-24(14-22)13-17-12-18(27-2)4-5-19(17)23/h4-6,11-12H,3,7-10,13-15H2,1-2H3. The first-order valence-corrected chi connectivity index (χ1v) is 9.88. The molecule has 2 aliphatic rings. The Kier molecular flexibility index (Phi) is 5.15. The van der Waals surface area contributed by atoms with Crippen LogP contribution in [-0.2, 0) is 6.54 Å². The van der Waals surface area contributed by atoms with Gasteiger partial charge in [-0.25, -0.2) is 4.39 Å². The molecule has 0 aliphatic carbocycles. The first-order chi connectivity index (χ1) is 13.5. The monoisotopic (exact) mass is 386 g/mol. The number of carbonyl (C=O) groups is 1. The van der Waals surface area contributed by atoms with Gasteiger partial charge in [-0.1, -0.05) is 0 Å². The molecule has 1 spiro atoms. The molecule has 2 saturated heterocycles. The maximum Gasteiger partial charge on any atom is 0.289 e. The zero-order chi connectivity index (χ0) is 19.7. The molecule has 6 heteroatoms. The van der Waals surface area contributed by atoms with E-state index in [2.05, 4.69) is 4.90 Å². The van der Waals surface area contributed by atoms with Gasteiger partial charge < -0.3 is 14.1 Å². The van der Waals surface area contributed by atoms with E-state index in [1.807, 2.05) is 17.9 Å². The maximum absolute atomic E-state index is 14.2. The number of likely N-dealkylation sites (tertiary alicyclic amines) is 2. The van der Waals surface area contributed by atoms with Crippen LogP contribution in [0.15, 0.2) is 34.9 Å². The summed E-state index contributed by atoms with van der Waals surface area (Å²) in [5.41, 5.74) is 1.63. The molecule has 1 amide bonds.